The van der Waals surface area contributed by atoms with E-state index in [1.54, 1.807) is 0 Å². The van der Waals surface area contributed by atoms with Crippen LogP contribution in [0.1, 0.15) is 18.2 Å². The average Bonchev–Trinajstić information content (AvgIpc) is 4.02. The van der Waals surface area contributed by atoms with Crippen LogP contribution in [0.2, 0.25) is 0 Å². The molecule has 4 aromatic heterocycles. The summed E-state index contributed by atoms with van der Waals surface area (Å²) in [7, 11) is 0. The van der Waals surface area contributed by atoms with Crippen molar-refractivity contribution < 1.29 is 13.3 Å². The molecule has 0 bridgehead atoms. The minimum Gasteiger partial charge on any atom is -0.460 e. The molecule has 0 N–H and O–H groups in total. The van der Waals surface area contributed by atoms with Crippen molar-refractivity contribution >= 4 is 71.7 Å². The zero-order chi connectivity index (χ0) is 40.9. The molecule has 6 heteroatoms. The summed E-state index contributed by atoms with van der Waals surface area (Å²) in [4.78, 5) is 15.5. The first-order valence-electron chi connectivity index (χ1n) is 21.1. The summed E-state index contributed by atoms with van der Waals surface area (Å²) in [6, 6.07) is 56.5. The van der Waals surface area contributed by atoms with Gasteiger partial charge in [0.05, 0.1) is 0 Å². The van der Waals surface area contributed by atoms with Crippen molar-refractivity contribution in [3.63, 3.8) is 0 Å². The average molecular weight is 798 g/mol. The van der Waals surface area contributed by atoms with Crippen molar-refractivity contribution in [3.8, 4) is 56.4 Å². The number of fused-ring (bicyclic) bond motifs is 10. The fraction of sp³-hybridized carbons (Fsp3) is 0.0536. The van der Waals surface area contributed by atoms with E-state index in [0.717, 1.165) is 122 Å². The van der Waals surface area contributed by atoms with Crippen LogP contribution in [0.15, 0.2) is 183 Å². The zero-order valence-corrected chi connectivity index (χ0v) is 33.6. The molecule has 0 fully saturated rings. The highest BCUT2D eigenvalue weighted by Crippen LogP contribution is 2.47. The van der Waals surface area contributed by atoms with Crippen molar-refractivity contribution in [2.24, 2.45) is 5.92 Å². The van der Waals surface area contributed by atoms with E-state index >= 15 is 0 Å². The molecule has 12 aromatic rings. The Labute approximate surface area is 355 Å². The van der Waals surface area contributed by atoms with Crippen molar-refractivity contribution in [2.75, 3.05) is 0 Å². The first-order valence-corrected chi connectivity index (χ1v) is 21.1. The number of rotatable bonds is 5. The normalized spacial score (nSPS) is 13.9. The SMILES string of the molecule is CC1C=Cc2c(oc3cccc(-c4ccc(-c5cc(-c6nc(-c7ccccc7)nc(-c7ccc8oc9ccccc9c8c7)n6)cc6ccccc56)c5c4oc4ccccc45)c23)C1. The molecule has 1 aliphatic carbocycles. The smallest absolute Gasteiger partial charge is 0.164 e. The topological polar surface area (TPSA) is 78.1 Å². The van der Waals surface area contributed by atoms with Crippen LogP contribution in [-0.2, 0) is 6.42 Å². The molecule has 1 unspecified atom stereocenters. The van der Waals surface area contributed by atoms with E-state index in [1.165, 1.54) is 0 Å². The van der Waals surface area contributed by atoms with E-state index in [4.69, 9.17) is 28.2 Å². The standard InChI is InChI=1S/C56H35N3O3/c1-32-22-24-43-50(28-32)61-49-21-11-18-39(51(43)49)41-26-25-40(52-42-17-8-10-20-47(42)62-53(41)52)44-31-36(29-34-14-5-6-15-37(34)44)56-58-54(33-12-3-2-4-13-33)57-55(59-56)35-23-27-48-45(30-35)38-16-7-9-19-46(38)60-48/h2-27,29-32H,28H2,1H3. The van der Waals surface area contributed by atoms with Gasteiger partial charge in [-0.1, -0.05) is 128 Å². The van der Waals surface area contributed by atoms with Gasteiger partial charge in [-0.25, -0.2) is 15.0 Å². The first kappa shape index (κ1) is 34.7. The Morgan fingerprint density at radius 1 is 0.435 bits per heavy atom. The largest absolute Gasteiger partial charge is 0.460 e. The number of allylic oxidation sites excluding steroid dienone is 1. The van der Waals surface area contributed by atoms with Crippen molar-refractivity contribution in [1.29, 1.82) is 0 Å². The molecule has 0 spiro atoms. The van der Waals surface area contributed by atoms with Gasteiger partial charge in [0.1, 0.15) is 33.7 Å². The second kappa shape index (κ2) is 13.5. The Kier molecular flexibility index (Phi) is 7.54. The maximum absolute atomic E-state index is 6.91. The molecule has 8 aromatic carbocycles. The van der Waals surface area contributed by atoms with E-state index in [2.05, 4.69) is 116 Å². The molecule has 1 aliphatic rings. The fourth-order valence-corrected chi connectivity index (χ4v) is 9.54. The van der Waals surface area contributed by atoms with Crippen LogP contribution in [-0.4, -0.2) is 15.0 Å². The van der Waals surface area contributed by atoms with Gasteiger partial charge < -0.3 is 13.3 Å². The number of furan rings is 3. The van der Waals surface area contributed by atoms with Gasteiger partial charge in [-0.3, -0.25) is 0 Å². The molecule has 0 saturated carbocycles. The van der Waals surface area contributed by atoms with Gasteiger partial charge >= 0.3 is 0 Å². The fourth-order valence-electron chi connectivity index (χ4n) is 9.54. The number of benzene rings is 8. The van der Waals surface area contributed by atoms with E-state index < -0.39 is 0 Å². The van der Waals surface area contributed by atoms with Crippen LogP contribution in [0.5, 0.6) is 0 Å². The Morgan fingerprint density at radius 2 is 1.10 bits per heavy atom. The zero-order valence-electron chi connectivity index (χ0n) is 33.6. The van der Waals surface area contributed by atoms with Gasteiger partial charge in [-0.05, 0) is 88.0 Å². The third-order valence-electron chi connectivity index (χ3n) is 12.5. The minimum atomic E-state index is 0.430. The summed E-state index contributed by atoms with van der Waals surface area (Å²) in [5.74, 6) is 3.24. The highest BCUT2D eigenvalue weighted by Gasteiger charge is 2.25. The second-order valence-electron chi connectivity index (χ2n) is 16.3. The van der Waals surface area contributed by atoms with E-state index in [0.29, 0.717) is 23.4 Å². The molecule has 1 atom stereocenters. The number of hydrogen-bond donors (Lipinski definition) is 0. The molecular weight excluding hydrogens is 763 g/mol. The quantitative estimate of drug-likeness (QED) is 0.173. The van der Waals surface area contributed by atoms with Gasteiger partial charge in [0.2, 0.25) is 0 Å². The lowest BCUT2D eigenvalue weighted by Crippen LogP contribution is -2.00. The van der Waals surface area contributed by atoms with Gasteiger partial charge in [0.15, 0.2) is 17.5 Å². The van der Waals surface area contributed by atoms with Crippen molar-refractivity contribution in [2.45, 2.75) is 13.3 Å². The Bertz CT molecular complexity index is 3810. The molecule has 4 heterocycles. The summed E-state index contributed by atoms with van der Waals surface area (Å²) >= 11 is 0. The first-order chi connectivity index (χ1) is 30.6. The van der Waals surface area contributed by atoms with Gasteiger partial charge in [0.25, 0.3) is 0 Å². The lowest BCUT2D eigenvalue weighted by Gasteiger charge is -2.15. The lowest BCUT2D eigenvalue weighted by atomic mass is 9.88. The summed E-state index contributed by atoms with van der Waals surface area (Å²) < 4.78 is 19.6. The molecule has 0 radical (unpaired) electrons. The maximum atomic E-state index is 6.91. The number of nitrogens with zero attached hydrogens (tertiary/aromatic N) is 3. The van der Waals surface area contributed by atoms with Crippen LogP contribution in [0.4, 0.5) is 0 Å². The van der Waals surface area contributed by atoms with Crippen molar-refractivity contribution in [3.05, 3.63) is 181 Å². The predicted molar refractivity (Wildman–Crippen MR) is 251 cm³/mol. The van der Waals surface area contributed by atoms with Gasteiger partial charge in [0, 0.05) is 61.2 Å². The third kappa shape index (κ3) is 5.40. The van der Waals surface area contributed by atoms with E-state index in [9.17, 15) is 0 Å². The summed E-state index contributed by atoms with van der Waals surface area (Å²) in [6.07, 6.45) is 5.40. The highest BCUT2D eigenvalue weighted by atomic mass is 16.3. The molecule has 0 aliphatic heterocycles. The number of hydrogen-bond acceptors (Lipinski definition) is 6. The molecule has 292 valence electrons. The minimum absolute atomic E-state index is 0.430. The molecular formula is C56H35N3O3. The lowest BCUT2D eigenvalue weighted by molar-refractivity contribution is 0.513. The summed E-state index contributed by atoms with van der Waals surface area (Å²) in [5.41, 5.74) is 12.3. The molecule has 13 rings (SSSR count). The van der Waals surface area contributed by atoms with Crippen LogP contribution in [0.3, 0.4) is 0 Å². The van der Waals surface area contributed by atoms with E-state index in [-0.39, 0.29) is 0 Å². The maximum Gasteiger partial charge on any atom is 0.164 e. The monoisotopic (exact) mass is 797 g/mol. The predicted octanol–water partition coefficient (Wildman–Crippen LogP) is 15.1. The third-order valence-corrected chi connectivity index (χ3v) is 12.5. The molecule has 0 amide bonds. The number of aromatic nitrogens is 3. The summed E-state index contributed by atoms with van der Waals surface area (Å²) in [6.45, 7) is 2.23. The van der Waals surface area contributed by atoms with Crippen LogP contribution in [0.25, 0.3) is 128 Å². The van der Waals surface area contributed by atoms with Crippen LogP contribution < -0.4 is 0 Å². The van der Waals surface area contributed by atoms with E-state index in [1.807, 2.05) is 66.7 Å². The van der Waals surface area contributed by atoms with Gasteiger partial charge in [-0.2, -0.15) is 0 Å². The Hall–Kier alpha value is -8.09. The van der Waals surface area contributed by atoms with Crippen LogP contribution in [0, 0.1) is 5.92 Å². The summed E-state index contributed by atoms with van der Waals surface area (Å²) in [5, 5.41) is 7.50. The molecule has 6 nitrogen and oxygen atoms in total. The second-order valence-corrected chi connectivity index (χ2v) is 16.3. The Balaban J connectivity index is 1.04. The van der Waals surface area contributed by atoms with Crippen LogP contribution >= 0.6 is 0 Å². The Morgan fingerprint density at radius 3 is 1.95 bits per heavy atom. The molecule has 62 heavy (non-hydrogen) atoms. The van der Waals surface area contributed by atoms with Gasteiger partial charge in [-0.15, -0.1) is 0 Å². The molecule has 0 saturated heterocycles. The van der Waals surface area contributed by atoms with Crippen molar-refractivity contribution in [1.82, 2.24) is 15.0 Å². The number of para-hydroxylation sites is 2. The highest BCUT2D eigenvalue weighted by molar-refractivity contribution is 6.20.